The Balaban J connectivity index is 1.48. The fourth-order valence-electron chi connectivity index (χ4n) is 2.86. The standard InChI is InChI=1S/C16H14N6O/c23-16(21-15-5-6-17-9-20-15)19-8-14-12-4-2-1-3-11(12)13-7-18-10-22(13)14/h1-7,9-10,14H,8H2,(H2,17,19,20,21,23). The van der Waals surface area contributed by atoms with Crippen LogP contribution < -0.4 is 10.6 Å². The van der Waals surface area contributed by atoms with E-state index in [0.717, 1.165) is 11.3 Å². The molecule has 1 aliphatic heterocycles. The minimum absolute atomic E-state index is 0.0415. The second-order valence-electron chi connectivity index (χ2n) is 5.22. The van der Waals surface area contributed by atoms with Gasteiger partial charge in [0, 0.05) is 18.3 Å². The van der Waals surface area contributed by atoms with Crippen molar-refractivity contribution in [2.75, 3.05) is 11.9 Å². The molecule has 0 bridgehead atoms. The highest BCUT2D eigenvalue weighted by Crippen LogP contribution is 2.38. The summed E-state index contributed by atoms with van der Waals surface area (Å²) in [5.41, 5.74) is 3.42. The minimum atomic E-state index is -0.297. The van der Waals surface area contributed by atoms with Crippen molar-refractivity contribution in [1.29, 1.82) is 0 Å². The zero-order valence-corrected chi connectivity index (χ0v) is 12.2. The van der Waals surface area contributed by atoms with Gasteiger partial charge in [0.15, 0.2) is 0 Å². The topological polar surface area (TPSA) is 84.7 Å². The first kappa shape index (κ1) is 13.4. The molecule has 1 unspecified atom stereocenters. The van der Waals surface area contributed by atoms with Gasteiger partial charge in [-0.1, -0.05) is 24.3 Å². The minimum Gasteiger partial charge on any atom is -0.335 e. The fourth-order valence-corrected chi connectivity index (χ4v) is 2.86. The molecule has 2 N–H and O–H groups in total. The number of hydrogen-bond acceptors (Lipinski definition) is 4. The van der Waals surface area contributed by atoms with Crippen molar-refractivity contribution in [3.63, 3.8) is 0 Å². The number of aromatic nitrogens is 4. The van der Waals surface area contributed by atoms with E-state index in [2.05, 4.69) is 42.3 Å². The van der Waals surface area contributed by atoms with Crippen LogP contribution in [0.3, 0.4) is 0 Å². The molecule has 0 aliphatic carbocycles. The lowest BCUT2D eigenvalue weighted by Crippen LogP contribution is -2.33. The van der Waals surface area contributed by atoms with Crippen LogP contribution in [0.4, 0.5) is 10.6 Å². The molecule has 0 spiro atoms. The van der Waals surface area contributed by atoms with Crippen LogP contribution in [0.2, 0.25) is 0 Å². The van der Waals surface area contributed by atoms with Gasteiger partial charge in [0.2, 0.25) is 0 Å². The van der Waals surface area contributed by atoms with E-state index in [1.165, 1.54) is 11.9 Å². The van der Waals surface area contributed by atoms with Crippen LogP contribution in [-0.4, -0.2) is 32.1 Å². The van der Waals surface area contributed by atoms with Gasteiger partial charge in [-0.05, 0) is 11.6 Å². The number of nitrogens with one attached hydrogen (secondary N) is 2. The second kappa shape index (κ2) is 5.53. The smallest absolute Gasteiger partial charge is 0.320 e. The molecule has 2 amide bonds. The number of carbonyl (C=O) groups is 1. The molecule has 1 atom stereocenters. The molecule has 0 saturated carbocycles. The van der Waals surface area contributed by atoms with Gasteiger partial charge in [0.05, 0.1) is 24.3 Å². The Labute approximate surface area is 132 Å². The van der Waals surface area contributed by atoms with E-state index in [9.17, 15) is 4.79 Å². The highest BCUT2D eigenvalue weighted by atomic mass is 16.2. The number of amides is 2. The summed E-state index contributed by atoms with van der Waals surface area (Å²) in [5.74, 6) is 0.465. The number of benzene rings is 1. The lowest BCUT2D eigenvalue weighted by atomic mass is 10.0. The molecule has 4 rings (SSSR count). The second-order valence-corrected chi connectivity index (χ2v) is 5.22. The molecule has 3 aromatic rings. The quantitative estimate of drug-likeness (QED) is 0.775. The van der Waals surface area contributed by atoms with Crippen molar-refractivity contribution in [2.45, 2.75) is 6.04 Å². The number of carbonyl (C=O) groups excluding carboxylic acids is 1. The van der Waals surface area contributed by atoms with Crippen LogP contribution in [-0.2, 0) is 0 Å². The van der Waals surface area contributed by atoms with Crippen LogP contribution in [0.5, 0.6) is 0 Å². The van der Waals surface area contributed by atoms with Crippen LogP contribution in [0, 0.1) is 0 Å². The summed E-state index contributed by atoms with van der Waals surface area (Å²) >= 11 is 0. The van der Waals surface area contributed by atoms with Crippen molar-refractivity contribution >= 4 is 11.8 Å². The van der Waals surface area contributed by atoms with Gasteiger partial charge in [-0.2, -0.15) is 0 Å². The Morgan fingerprint density at radius 3 is 3.00 bits per heavy atom. The Morgan fingerprint density at radius 2 is 2.13 bits per heavy atom. The number of rotatable bonds is 3. The third-order valence-electron chi connectivity index (χ3n) is 3.88. The lowest BCUT2D eigenvalue weighted by molar-refractivity contribution is 0.251. The molecule has 23 heavy (non-hydrogen) atoms. The zero-order chi connectivity index (χ0) is 15.6. The summed E-state index contributed by atoms with van der Waals surface area (Å²) in [6.45, 7) is 0.470. The number of anilines is 1. The zero-order valence-electron chi connectivity index (χ0n) is 12.2. The van der Waals surface area contributed by atoms with Crippen LogP contribution in [0.1, 0.15) is 11.6 Å². The summed E-state index contributed by atoms with van der Waals surface area (Å²) in [5, 5.41) is 5.57. The summed E-state index contributed by atoms with van der Waals surface area (Å²) in [6.07, 6.45) is 6.61. The molecule has 2 aromatic heterocycles. The van der Waals surface area contributed by atoms with E-state index >= 15 is 0 Å². The Kier molecular flexibility index (Phi) is 3.23. The van der Waals surface area contributed by atoms with Crippen LogP contribution in [0.25, 0.3) is 11.3 Å². The van der Waals surface area contributed by atoms with Gasteiger partial charge in [0.1, 0.15) is 12.1 Å². The number of fused-ring (bicyclic) bond motifs is 3. The van der Waals surface area contributed by atoms with E-state index in [-0.39, 0.29) is 12.1 Å². The molecule has 7 heteroatoms. The first-order chi connectivity index (χ1) is 11.3. The predicted octanol–water partition coefficient (Wildman–Crippen LogP) is 2.06. The van der Waals surface area contributed by atoms with E-state index in [1.54, 1.807) is 18.6 Å². The number of nitrogens with zero attached hydrogens (tertiary/aromatic N) is 4. The molecule has 3 heterocycles. The molecule has 114 valence electrons. The molecule has 0 saturated heterocycles. The van der Waals surface area contributed by atoms with E-state index in [1.807, 2.05) is 18.3 Å². The third-order valence-corrected chi connectivity index (χ3v) is 3.88. The van der Waals surface area contributed by atoms with E-state index < -0.39 is 0 Å². The maximum Gasteiger partial charge on any atom is 0.320 e. The molecular weight excluding hydrogens is 292 g/mol. The van der Waals surface area contributed by atoms with Gasteiger partial charge < -0.3 is 9.88 Å². The molecule has 1 aromatic carbocycles. The first-order valence-electron chi connectivity index (χ1n) is 7.25. The first-order valence-corrected chi connectivity index (χ1v) is 7.25. The number of hydrogen-bond donors (Lipinski definition) is 2. The summed E-state index contributed by atoms with van der Waals surface area (Å²) in [4.78, 5) is 24.0. The van der Waals surface area contributed by atoms with Gasteiger partial charge in [-0.25, -0.2) is 19.7 Å². The highest BCUT2D eigenvalue weighted by Gasteiger charge is 2.28. The maximum atomic E-state index is 12.0. The van der Waals surface area contributed by atoms with E-state index in [4.69, 9.17) is 0 Å². The Hall–Kier alpha value is -3.22. The lowest BCUT2D eigenvalue weighted by Gasteiger charge is -2.15. The maximum absolute atomic E-state index is 12.0. The van der Waals surface area contributed by atoms with Crippen LogP contribution >= 0.6 is 0 Å². The summed E-state index contributed by atoms with van der Waals surface area (Å²) in [6, 6.07) is 9.55. The predicted molar refractivity (Wildman–Crippen MR) is 84.9 cm³/mol. The number of imidazole rings is 1. The normalized spacial score (nSPS) is 14.9. The monoisotopic (exact) mass is 306 g/mol. The fraction of sp³-hybridized carbons (Fsp3) is 0.125. The molecular formula is C16H14N6O. The van der Waals surface area contributed by atoms with Gasteiger partial charge >= 0.3 is 6.03 Å². The van der Waals surface area contributed by atoms with Crippen molar-refractivity contribution < 1.29 is 4.79 Å². The van der Waals surface area contributed by atoms with Crippen molar-refractivity contribution in [1.82, 2.24) is 24.8 Å². The average molecular weight is 306 g/mol. The van der Waals surface area contributed by atoms with E-state index in [0.29, 0.717) is 12.4 Å². The molecule has 0 radical (unpaired) electrons. The molecule has 1 aliphatic rings. The molecule has 0 fully saturated rings. The highest BCUT2D eigenvalue weighted by molar-refractivity contribution is 5.88. The van der Waals surface area contributed by atoms with Crippen molar-refractivity contribution in [2.24, 2.45) is 0 Å². The summed E-state index contributed by atoms with van der Waals surface area (Å²) < 4.78 is 2.08. The third kappa shape index (κ3) is 2.42. The van der Waals surface area contributed by atoms with Crippen LogP contribution in [0.15, 0.2) is 55.4 Å². The Morgan fingerprint density at radius 1 is 1.22 bits per heavy atom. The average Bonchev–Trinajstić information content (AvgIpc) is 3.15. The largest absolute Gasteiger partial charge is 0.335 e. The van der Waals surface area contributed by atoms with Crippen molar-refractivity contribution in [3.8, 4) is 11.3 Å². The Bertz CT molecular complexity index is 845. The number of urea groups is 1. The molecule has 7 nitrogen and oxygen atoms in total. The van der Waals surface area contributed by atoms with Gasteiger partial charge in [-0.3, -0.25) is 5.32 Å². The SMILES string of the molecule is O=C(NCC1c2ccccc2-c2cncn21)Nc1ccncn1. The van der Waals surface area contributed by atoms with Gasteiger partial charge in [-0.15, -0.1) is 0 Å². The summed E-state index contributed by atoms with van der Waals surface area (Å²) in [7, 11) is 0. The van der Waals surface area contributed by atoms with Gasteiger partial charge in [0.25, 0.3) is 0 Å². The van der Waals surface area contributed by atoms with Crippen molar-refractivity contribution in [3.05, 3.63) is 60.9 Å².